The van der Waals surface area contributed by atoms with Crippen LogP contribution in [0.5, 0.6) is 0 Å². The lowest BCUT2D eigenvalue weighted by atomic mass is 10.0. The summed E-state index contributed by atoms with van der Waals surface area (Å²) in [6.07, 6.45) is 10.1. The topological polar surface area (TPSA) is 66.5 Å². The predicted molar refractivity (Wildman–Crippen MR) is 75.3 cm³/mol. The molecule has 0 aliphatic rings. The Hall–Kier alpha value is 0.170. The van der Waals surface area contributed by atoms with Gasteiger partial charge in [-0.2, -0.15) is 0 Å². The van der Waals surface area contributed by atoms with Crippen LogP contribution < -0.4 is 5.73 Å². The Morgan fingerprint density at radius 3 is 1.88 bits per heavy atom. The van der Waals surface area contributed by atoms with Gasteiger partial charge in [0.2, 0.25) is 0 Å². The summed E-state index contributed by atoms with van der Waals surface area (Å²) in [6, 6.07) is 0.137. The molecular formula is C13H30ClNO2. The van der Waals surface area contributed by atoms with Crippen molar-refractivity contribution in [3.8, 4) is 0 Å². The van der Waals surface area contributed by atoms with Crippen molar-refractivity contribution in [1.82, 2.24) is 0 Å². The highest BCUT2D eigenvalue weighted by Crippen LogP contribution is 2.11. The highest BCUT2D eigenvalue weighted by molar-refractivity contribution is 5.85. The van der Waals surface area contributed by atoms with Crippen molar-refractivity contribution in [3.05, 3.63) is 0 Å². The maximum atomic E-state index is 8.69. The summed E-state index contributed by atoms with van der Waals surface area (Å²) >= 11 is 0. The van der Waals surface area contributed by atoms with Crippen molar-refractivity contribution < 1.29 is 10.2 Å². The average Bonchev–Trinajstić information content (AvgIpc) is 2.25. The van der Waals surface area contributed by atoms with Crippen LogP contribution in [0.25, 0.3) is 0 Å². The average molecular weight is 268 g/mol. The molecule has 0 aromatic carbocycles. The van der Waals surface area contributed by atoms with E-state index in [2.05, 4.69) is 6.92 Å². The van der Waals surface area contributed by atoms with E-state index in [1.54, 1.807) is 0 Å². The summed E-state index contributed by atoms with van der Waals surface area (Å²) < 4.78 is 0. The zero-order valence-electron chi connectivity index (χ0n) is 11.1. The number of aliphatic hydroxyl groups excluding tert-OH is 1. The van der Waals surface area contributed by atoms with E-state index in [9.17, 15) is 0 Å². The molecular weight excluding hydrogens is 238 g/mol. The van der Waals surface area contributed by atoms with Crippen LogP contribution in [-0.2, 0) is 0 Å². The van der Waals surface area contributed by atoms with Crippen molar-refractivity contribution in [3.63, 3.8) is 0 Å². The van der Waals surface area contributed by atoms with Gasteiger partial charge in [0.25, 0.3) is 0 Å². The molecule has 0 radical (unpaired) electrons. The van der Waals surface area contributed by atoms with E-state index in [4.69, 9.17) is 15.9 Å². The highest BCUT2D eigenvalue weighted by Gasteiger charge is 2.05. The van der Waals surface area contributed by atoms with Gasteiger partial charge in [-0.15, -0.1) is 12.4 Å². The Morgan fingerprint density at radius 2 is 1.35 bits per heavy atom. The molecule has 0 amide bonds. The lowest BCUT2D eigenvalue weighted by molar-refractivity contribution is -0.0474. The number of rotatable bonds is 11. The minimum absolute atomic E-state index is 0. The maximum absolute atomic E-state index is 8.69. The van der Waals surface area contributed by atoms with Crippen LogP contribution in [0.4, 0.5) is 0 Å². The van der Waals surface area contributed by atoms with E-state index in [1.165, 1.54) is 44.9 Å². The number of hydrogen-bond donors (Lipinski definition) is 3. The Bertz CT molecular complexity index is 145. The van der Waals surface area contributed by atoms with E-state index in [-0.39, 0.29) is 18.4 Å². The smallest absolute Gasteiger partial charge is 0.151 e. The molecule has 0 heterocycles. The fourth-order valence-electron chi connectivity index (χ4n) is 1.87. The first-order valence-electron chi connectivity index (χ1n) is 6.78. The monoisotopic (exact) mass is 267 g/mol. The minimum Gasteiger partial charge on any atom is -0.368 e. The Labute approximate surface area is 112 Å². The lowest BCUT2D eigenvalue weighted by Gasteiger charge is -2.11. The normalized spacial score (nSPS) is 12.5. The van der Waals surface area contributed by atoms with Gasteiger partial charge in [0.05, 0.1) is 0 Å². The fraction of sp³-hybridized carbons (Fsp3) is 1.00. The minimum atomic E-state index is -1.19. The van der Waals surface area contributed by atoms with Crippen LogP contribution in [0.1, 0.15) is 71.1 Å². The molecule has 17 heavy (non-hydrogen) atoms. The molecule has 0 bridgehead atoms. The summed E-state index contributed by atoms with van der Waals surface area (Å²) in [5, 5.41) is 17.4. The van der Waals surface area contributed by atoms with Gasteiger partial charge in [0.1, 0.15) is 0 Å². The summed E-state index contributed by atoms with van der Waals surface area (Å²) in [5.41, 5.74) is 5.86. The van der Waals surface area contributed by atoms with Gasteiger partial charge in [-0.3, -0.25) is 0 Å². The second-order valence-electron chi connectivity index (χ2n) is 4.73. The third-order valence-corrected chi connectivity index (χ3v) is 2.97. The van der Waals surface area contributed by atoms with Gasteiger partial charge in [-0.25, -0.2) is 0 Å². The molecule has 4 N–H and O–H groups in total. The molecule has 0 aliphatic heterocycles. The SMILES string of the molecule is CCCCCCCCCC(N)CCC(O)O.Cl. The number of nitrogens with two attached hydrogens (primary N) is 1. The second kappa shape index (κ2) is 14.2. The van der Waals surface area contributed by atoms with Crippen LogP contribution in [0.3, 0.4) is 0 Å². The van der Waals surface area contributed by atoms with Crippen molar-refractivity contribution in [1.29, 1.82) is 0 Å². The van der Waals surface area contributed by atoms with Crippen LogP contribution in [-0.4, -0.2) is 22.5 Å². The van der Waals surface area contributed by atoms with Crippen LogP contribution >= 0.6 is 12.4 Å². The molecule has 106 valence electrons. The van der Waals surface area contributed by atoms with Gasteiger partial charge < -0.3 is 15.9 Å². The number of halogens is 1. The molecule has 3 nitrogen and oxygen atoms in total. The van der Waals surface area contributed by atoms with Crippen molar-refractivity contribution >= 4 is 12.4 Å². The summed E-state index contributed by atoms with van der Waals surface area (Å²) in [5.74, 6) is 0. The standard InChI is InChI=1S/C13H29NO2.ClH/c1-2-3-4-5-6-7-8-9-12(14)10-11-13(15)16;/h12-13,15-16H,2-11,14H2,1H3;1H. The van der Waals surface area contributed by atoms with E-state index in [0.717, 1.165) is 6.42 Å². The predicted octanol–water partition coefficient (Wildman–Crippen LogP) is 2.97. The largest absolute Gasteiger partial charge is 0.368 e. The first kappa shape index (κ1) is 19.5. The molecule has 4 heteroatoms. The second-order valence-corrected chi connectivity index (χ2v) is 4.73. The van der Waals surface area contributed by atoms with E-state index in [1.807, 2.05) is 0 Å². The van der Waals surface area contributed by atoms with E-state index >= 15 is 0 Å². The Balaban J connectivity index is 0. The zero-order valence-corrected chi connectivity index (χ0v) is 11.9. The molecule has 0 spiro atoms. The molecule has 0 aliphatic carbocycles. The molecule has 0 aromatic rings. The number of aliphatic hydroxyl groups is 2. The van der Waals surface area contributed by atoms with E-state index in [0.29, 0.717) is 12.8 Å². The van der Waals surface area contributed by atoms with Crippen molar-refractivity contribution in [2.45, 2.75) is 83.5 Å². The van der Waals surface area contributed by atoms with Gasteiger partial charge >= 0.3 is 0 Å². The van der Waals surface area contributed by atoms with E-state index < -0.39 is 6.29 Å². The molecule has 0 saturated heterocycles. The van der Waals surface area contributed by atoms with Crippen LogP contribution in [0.2, 0.25) is 0 Å². The third kappa shape index (κ3) is 16.2. The van der Waals surface area contributed by atoms with Crippen LogP contribution in [0.15, 0.2) is 0 Å². The first-order valence-corrected chi connectivity index (χ1v) is 6.78. The Kier molecular flexibility index (Phi) is 16.3. The lowest BCUT2D eigenvalue weighted by Crippen LogP contribution is -2.21. The fourth-order valence-corrected chi connectivity index (χ4v) is 1.87. The first-order chi connectivity index (χ1) is 7.66. The molecule has 0 fully saturated rings. The maximum Gasteiger partial charge on any atom is 0.151 e. The molecule has 0 rings (SSSR count). The molecule has 0 saturated carbocycles. The highest BCUT2D eigenvalue weighted by atomic mass is 35.5. The third-order valence-electron chi connectivity index (χ3n) is 2.97. The van der Waals surface area contributed by atoms with Gasteiger partial charge in [0.15, 0.2) is 6.29 Å². The van der Waals surface area contributed by atoms with Crippen molar-refractivity contribution in [2.24, 2.45) is 5.73 Å². The molecule has 0 aromatic heterocycles. The molecule has 1 unspecified atom stereocenters. The number of hydrogen-bond acceptors (Lipinski definition) is 3. The molecule has 1 atom stereocenters. The summed E-state index contributed by atoms with van der Waals surface area (Å²) in [6.45, 7) is 2.23. The summed E-state index contributed by atoms with van der Waals surface area (Å²) in [4.78, 5) is 0. The quantitative estimate of drug-likeness (QED) is 0.398. The van der Waals surface area contributed by atoms with Gasteiger partial charge in [-0.05, 0) is 19.3 Å². The van der Waals surface area contributed by atoms with Crippen molar-refractivity contribution in [2.75, 3.05) is 0 Å². The number of unbranched alkanes of at least 4 members (excludes halogenated alkanes) is 6. The van der Waals surface area contributed by atoms with Gasteiger partial charge in [-0.1, -0.05) is 51.9 Å². The van der Waals surface area contributed by atoms with Crippen LogP contribution in [0, 0.1) is 0 Å². The zero-order chi connectivity index (χ0) is 12.2. The summed E-state index contributed by atoms with van der Waals surface area (Å²) in [7, 11) is 0. The van der Waals surface area contributed by atoms with Gasteiger partial charge in [0, 0.05) is 6.04 Å². The Morgan fingerprint density at radius 1 is 0.824 bits per heavy atom.